The number of hydrogen-bond acceptors (Lipinski definition) is 4. The van der Waals surface area contributed by atoms with E-state index in [1.54, 1.807) is 18.2 Å². The Morgan fingerprint density at radius 1 is 1.19 bits per heavy atom. The Kier molecular flexibility index (Phi) is 5.68. The minimum absolute atomic E-state index is 0.0134. The van der Waals surface area contributed by atoms with Crippen LogP contribution in [0.5, 0.6) is 0 Å². The third-order valence-electron chi connectivity index (χ3n) is 3.79. The van der Waals surface area contributed by atoms with Gasteiger partial charge in [0.15, 0.2) is 4.80 Å². The van der Waals surface area contributed by atoms with Crippen molar-refractivity contribution < 1.29 is 4.92 Å². The standard InChI is InChI=1S/C19H18BrN3O2S/c1-13(2)11-22-18(14-7-3-4-8-15(14)20)12-26-19(22)21-16-9-5-6-10-17(16)23(24)25/h3-10,12-13H,11H2,1-2H3. The van der Waals surface area contributed by atoms with Gasteiger partial charge in [-0.3, -0.25) is 10.1 Å². The molecule has 3 rings (SSSR count). The summed E-state index contributed by atoms with van der Waals surface area (Å²) in [6.45, 7) is 5.06. The minimum Gasteiger partial charge on any atom is -0.316 e. The first-order valence-corrected chi connectivity index (χ1v) is 9.86. The highest BCUT2D eigenvalue weighted by Crippen LogP contribution is 2.30. The van der Waals surface area contributed by atoms with Gasteiger partial charge in [0, 0.05) is 28.0 Å². The van der Waals surface area contributed by atoms with Gasteiger partial charge >= 0.3 is 0 Å². The van der Waals surface area contributed by atoms with Crippen LogP contribution >= 0.6 is 27.3 Å². The van der Waals surface area contributed by atoms with Crippen molar-refractivity contribution in [2.45, 2.75) is 20.4 Å². The van der Waals surface area contributed by atoms with Crippen molar-refractivity contribution in [3.8, 4) is 11.3 Å². The number of thiazole rings is 1. The number of nitrogens with zero attached hydrogens (tertiary/aromatic N) is 3. The van der Waals surface area contributed by atoms with E-state index in [4.69, 9.17) is 0 Å². The van der Waals surface area contributed by atoms with Crippen LogP contribution in [0, 0.1) is 16.0 Å². The Balaban J connectivity index is 2.21. The number of nitro groups is 1. The van der Waals surface area contributed by atoms with Crippen LogP contribution < -0.4 is 4.80 Å². The van der Waals surface area contributed by atoms with E-state index < -0.39 is 4.92 Å². The second kappa shape index (κ2) is 7.97. The molecule has 0 aliphatic heterocycles. The summed E-state index contributed by atoms with van der Waals surface area (Å²) in [7, 11) is 0. The molecule has 0 unspecified atom stereocenters. The zero-order valence-electron chi connectivity index (χ0n) is 14.4. The van der Waals surface area contributed by atoms with E-state index in [-0.39, 0.29) is 5.69 Å². The van der Waals surface area contributed by atoms with E-state index in [2.05, 4.69) is 50.8 Å². The number of nitro benzene ring substituents is 1. The van der Waals surface area contributed by atoms with Gasteiger partial charge in [0.05, 0.1) is 10.6 Å². The lowest BCUT2D eigenvalue weighted by Crippen LogP contribution is -2.19. The highest BCUT2D eigenvalue weighted by molar-refractivity contribution is 9.10. The summed E-state index contributed by atoms with van der Waals surface area (Å²) in [5.74, 6) is 0.413. The molecule has 134 valence electrons. The number of benzene rings is 2. The molecule has 0 aliphatic carbocycles. The van der Waals surface area contributed by atoms with Crippen molar-refractivity contribution in [1.82, 2.24) is 4.57 Å². The van der Waals surface area contributed by atoms with Gasteiger partial charge in [-0.15, -0.1) is 11.3 Å². The lowest BCUT2D eigenvalue weighted by molar-refractivity contribution is -0.384. The summed E-state index contributed by atoms with van der Waals surface area (Å²) >= 11 is 5.10. The lowest BCUT2D eigenvalue weighted by Gasteiger charge is -2.12. The monoisotopic (exact) mass is 431 g/mol. The van der Waals surface area contributed by atoms with Gasteiger partial charge < -0.3 is 4.57 Å². The largest absolute Gasteiger partial charge is 0.316 e. The van der Waals surface area contributed by atoms with Crippen LogP contribution in [0.1, 0.15) is 13.8 Å². The molecule has 2 aromatic carbocycles. The molecule has 0 N–H and O–H groups in total. The number of para-hydroxylation sites is 2. The van der Waals surface area contributed by atoms with E-state index in [1.807, 2.05) is 18.2 Å². The number of aromatic nitrogens is 1. The molecular weight excluding hydrogens is 414 g/mol. The van der Waals surface area contributed by atoms with Crippen LogP contribution in [-0.2, 0) is 6.54 Å². The zero-order valence-corrected chi connectivity index (χ0v) is 16.8. The van der Waals surface area contributed by atoms with Crippen molar-refractivity contribution in [3.63, 3.8) is 0 Å². The fourth-order valence-electron chi connectivity index (χ4n) is 2.66. The van der Waals surface area contributed by atoms with Crippen LogP contribution in [0.4, 0.5) is 11.4 Å². The molecule has 0 spiro atoms. The van der Waals surface area contributed by atoms with Gasteiger partial charge in [0.1, 0.15) is 5.69 Å². The van der Waals surface area contributed by atoms with E-state index in [9.17, 15) is 10.1 Å². The molecule has 0 saturated carbocycles. The summed E-state index contributed by atoms with van der Waals surface area (Å²) in [6, 6.07) is 14.6. The Bertz CT molecular complexity index is 1010. The molecule has 0 aliphatic rings. The second-order valence-corrected chi connectivity index (χ2v) is 7.94. The molecule has 0 atom stereocenters. The molecule has 3 aromatic rings. The average Bonchev–Trinajstić information content (AvgIpc) is 2.97. The molecule has 0 saturated heterocycles. The van der Waals surface area contributed by atoms with Crippen molar-refractivity contribution in [2.75, 3.05) is 0 Å². The van der Waals surface area contributed by atoms with Crippen LogP contribution in [0.3, 0.4) is 0 Å². The van der Waals surface area contributed by atoms with Crippen molar-refractivity contribution in [1.29, 1.82) is 0 Å². The van der Waals surface area contributed by atoms with Crippen LogP contribution in [0.25, 0.3) is 11.3 Å². The third-order valence-corrected chi connectivity index (χ3v) is 5.34. The summed E-state index contributed by atoms with van der Waals surface area (Å²) in [5.41, 5.74) is 2.51. The molecule has 7 heteroatoms. The molecule has 1 aromatic heterocycles. The molecule has 0 radical (unpaired) electrons. The predicted octanol–water partition coefficient (Wildman–Crippen LogP) is 5.78. The third kappa shape index (κ3) is 3.94. The van der Waals surface area contributed by atoms with E-state index in [0.717, 1.165) is 27.1 Å². The molecule has 1 heterocycles. The summed E-state index contributed by atoms with van der Waals surface area (Å²) in [4.78, 5) is 16.3. The zero-order chi connectivity index (χ0) is 18.7. The topological polar surface area (TPSA) is 60.4 Å². The van der Waals surface area contributed by atoms with Crippen molar-refractivity contribution >= 4 is 38.6 Å². The van der Waals surface area contributed by atoms with Gasteiger partial charge in [-0.2, -0.15) is 0 Å². The molecule has 26 heavy (non-hydrogen) atoms. The number of hydrogen-bond donors (Lipinski definition) is 0. The van der Waals surface area contributed by atoms with Crippen LogP contribution in [-0.4, -0.2) is 9.49 Å². The van der Waals surface area contributed by atoms with Gasteiger partial charge in [0.25, 0.3) is 5.69 Å². The van der Waals surface area contributed by atoms with E-state index in [1.165, 1.54) is 17.4 Å². The fraction of sp³-hybridized carbons (Fsp3) is 0.211. The molecular formula is C19H18BrN3O2S. The second-order valence-electron chi connectivity index (χ2n) is 6.25. The maximum Gasteiger partial charge on any atom is 0.294 e. The minimum atomic E-state index is -0.395. The quantitative estimate of drug-likeness (QED) is 0.379. The van der Waals surface area contributed by atoms with Gasteiger partial charge in [-0.1, -0.05) is 60.1 Å². The Morgan fingerprint density at radius 3 is 2.58 bits per heavy atom. The average molecular weight is 432 g/mol. The molecule has 0 amide bonds. The number of rotatable bonds is 5. The molecule has 0 bridgehead atoms. The number of halogens is 1. The summed E-state index contributed by atoms with van der Waals surface area (Å²) < 4.78 is 3.14. The summed E-state index contributed by atoms with van der Waals surface area (Å²) in [5, 5.41) is 13.3. The highest BCUT2D eigenvalue weighted by Gasteiger charge is 2.15. The predicted molar refractivity (Wildman–Crippen MR) is 109 cm³/mol. The van der Waals surface area contributed by atoms with Crippen molar-refractivity contribution in [2.24, 2.45) is 10.9 Å². The smallest absolute Gasteiger partial charge is 0.294 e. The van der Waals surface area contributed by atoms with Gasteiger partial charge in [-0.05, 0) is 18.1 Å². The highest BCUT2D eigenvalue weighted by atomic mass is 79.9. The lowest BCUT2D eigenvalue weighted by atomic mass is 10.1. The molecule has 0 fully saturated rings. The first kappa shape index (κ1) is 18.5. The van der Waals surface area contributed by atoms with Gasteiger partial charge in [-0.25, -0.2) is 4.99 Å². The molecule has 5 nitrogen and oxygen atoms in total. The summed E-state index contributed by atoms with van der Waals surface area (Å²) in [6.07, 6.45) is 0. The van der Waals surface area contributed by atoms with E-state index in [0.29, 0.717) is 11.6 Å². The maximum absolute atomic E-state index is 11.3. The van der Waals surface area contributed by atoms with E-state index >= 15 is 0 Å². The van der Waals surface area contributed by atoms with Crippen LogP contribution in [0.2, 0.25) is 0 Å². The first-order chi connectivity index (χ1) is 12.5. The maximum atomic E-state index is 11.3. The fourth-order valence-corrected chi connectivity index (χ4v) is 4.07. The first-order valence-electron chi connectivity index (χ1n) is 8.18. The Morgan fingerprint density at radius 2 is 1.88 bits per heavy atom. The Labute approximate surface area is 163 Å². The SMILES string of the molecule is CC(C)Cn1c(-c2ccccc2Br)csc1=Nc1ccccc1[N+](=O)[O-]. The Hall–Kier alpha value is -2.25. The van der Waals surface area contributed by atoms with Gasteiger partial charge in [0.2, 0.25) is 0 Å². The normalized spacial score (nSPS) is 11.9. The van der Waals surface area contributed by atoms with Crippen LogP contribution in [0.15, 0.2) is 63.4 Å². The van der Waals surface area contributed by atoms with Crippen molar-refractivity contribution in [3.05, 3.63) is 73.3 Å².